The Morgan fingerprint density at radius 3 is 3.13 bits per heavy atom. The van der Waals surface area contributed by atoms with Crippen LogP contribution in [0.25, 0.3) is 5.52 Å². The van der Waals surface area contributed by atoms with E-state index in [4.69, 9.17) is 9.84 Å². The molecule has 0 fully saturated rings. The van der Waals surface area contributed by atoms with Crippen molar-refractivity contribution in [1.29, 1.82) is 0 Å². The van der Waals surface area contributed by atoms with Crippen LogP contribution in [0.5, 0.6) is 5.75 Å². The highest BCUT2D eigenvalue weighted by atomic mass is 16.5. The average molecular weight is 207 g/mol. The van der Waals surface area contributed by atoms with Crippen molar-refractivity contribution >= 4 is 17.3 Å². The van der Waals surface area contributed by atoms with Crippen molar-refractivity contribution in [2.24, 2.45) is 0 Å². The zero-order valence-corrected chi connectivity index (χ0v) is 7.97. The third-order valence-electron chi connectivity index (χ3n) is 1.97. The molecule has 2 N–H and O–H groups in total. The summed E-state index contributed by atoms with van der Waals surface area (Å²) >= 11 is 0. The molecule has 15 heavy (non-hydrogen) atoms. The van der Waals surface area contributed by atoms with E-state index in [0.29, 0.717) is 17.0 Å². The zero-order chi connectivity index (χ0) is 10.8. The number of carboxylic acid groups (broad SMARTS) is 1. The lowest BCUT2D eigenvalue weighted by Crippen LogP contribution is -2.07. The fourth-order valence-corrected chi connectivity index (χ4v) is 1.38. The number of aromatic nitrogens is 2. The molecule has 2 heterocycles. The molecule has 78 valence electrons. The van der Waals surface area contributed by atoms with Gasteiger partial charge in [-0.25, -0.2) is 9.31 Å². The van der Waals surface area contributed by atoms with Gasteiger partial charge in [-0.1, -0.05) is 0 Å². The standard InChI is InChI=1S/C9H9N3O3/c1-15-7-3-2-4-12-8(7)6(5-10-12)11-9(13)14/h2-5,11H,1H3,(H,13,14). The predicted molar refractivity (Wildman–Crippen MR) is 53.4 cm³/mol. The normalized spacial score (nSPS) is 10.2. The number of rotatable bonds is 2. The zero-order valence-electron chi connectivity index (χ0n) is 7.97. The Labute approximate surface area is 85.1 Å². The van der Waals surface area contributed by atoms with Gasteiger partial charge in [-0.3, -0.25) is 5.32 Å². The number of methoxy groups -OCH3 is 1. The van der Waals surface area contributed by atoms with Gasteiger partial charge in [0.15, 0.2) is 0 Å². The van der Waals surface area contributed by atoms with E-state index in [9.17, 15) is 4.79 Å². The minimum absolute atomic E-state index is 0.403. The van der Waals surface area contributed by atoms with Crippen LogP contribution in [-0.2, 0) is 0 Å². The molecule has 0 aliphatic heterocycles. The maximum absolute atomic E-state index is 10.5. The van der Waals surface area contributed by atoms with Crippen LogP contribution in [-0.4, -0.2) is 27.9 Å². The number of nitrogens with zero attached hydrogens (tertiary/aromatic N) is 2. The number of hydrogen-bond donors (Lipinski definition) is 2. The largest absolute Gasteiger partial charge is 0.494 e. The molecule has 0 spiro atoms. The lowest BCUT2D eigenvalue weighted by molar-refractivity contribution is 0.210. The Morgan fingerprint density at radius 2 is 2.47 bits per heavy atom. The highest BCUT2D eigenvalue weighted by molar-refractivity contribution is 5.91. The molecule has 0 aromatic carbocycles. The maximum Gasteiger partial charge on any atom is 0.409 e. The first-order chi connectivity index (χ1) is 7.22. The summed E-state index contributed by atoms with van der Waals surface area (Å²) in [7, 11) is 1.52. The van der Waals surface area contributed by atoms with Gasteiger partial charge >= 0.3 is 6.09 Å². The van der Waals surface area contributed by atoms with Crippen molar-refractivity contribution in [1.82, 2.24) is 9.61 Å². The minimum Gasteiger partial charge on any atom is -0.494 e. The summed E-state index contributed by atoms with van der Waals surface area (Å²) in [5, 5.41) is 14.9. The molecular weight excluding hydrogens is 198 g/mol. The Hall–Kier alpha value is -2.24. The molecule has 0 bridgehead atoms. The Balaban J connectivity index is 2.60. The van der Waals surface area contributed by atoms with Crippen molar-refractivity contribution in [2.45, 2.75) is 0 Å². The molecule has 2 aromatic heterocycles. The second kappa shape index (κ2) is 3.49. The highest BCUT2D eigenvalue weighted by Gasteiger charge is 2.10. The van der Waals surface area contributed by atoms with E-state index in [1.807, 2.05) is 0 Å². The number of carbonyl (C=O) groups is 1. The lowest BCUT2D eigenvalue weighted by atomic mass is 10.3. The summed E-state index contributed by atoms with van der Waals surface area (Å²) in [6, 6.07) is 3.51. The van der Waals surface area contributed by atoms with Crippen LogP contribution in [0, 0.1) is 0 Å². The van der Waals surface area contributed by atoms with E-state index in [1.54, 1.807) is 22.8 Å². The molecule has 0 unspecified atom stereocenters. The van der Waals surface area contributed by atoms with E-state index < -0.39 is 6.09 Å². The van der Waals surface area contributed by atoms with Gasteiger partial charge in [-0.2, -0.15) is 5.10 Å². The highest BCUT2D eigenvalue weighted by Crippen LogP contribution is 2.26. The van der Waals surface area contributed by atoms with Crippen molar-refractivity contribution < 1.29 is 14.6 Å². The van der Waals surface area contributed by atoms with Gasteiger partial charge in [0, 0.05) is 6.20 Å². The van der Waals surface area contributed by atoms with Gasteiger partial charge in [0.1, 0.15) is 11.3 Å². The fraction of sp³-hybridized carbons (Fsp3) is 0.111. The number of amides is 1. The Kier molecular flexibility index (Phi) is 2.17. The maximum atomic E-state index is 10.5. The number of hydrogen-bond acceptors (Lipinski definition) is 3. The van der Waals surface area contributed by atoms with Gasteiger partial charge < -0.3 is 9.84 Å². The van der Waals surface area contributed by atoms with E-state index in [-0.39, 0.29) is 0 Å². The smallest absolute Gasteiger partial charge is 0.409 e. The van der Waals surface area contributed by atoms with Crippen molar-refractivity contribution in [3.05, 3.63) is 24.5 Å². The second-order valence-corrected chi connectivity index (χ2v) is 2.86. The number of anilines is 1. The van der Waals surface area contributed by atoms with Crippen LogP contribution in [0.4, 0.5) is 10.5 Å². The summed E-state index contributed by atoms with van der Waals surface area (Å²) in [6.07, 6.45) is 2.02. The van der Waals surface area contributed by atoms with E-state index in [1.165, 1.54) is 13.3 Å². The third-order valence-corrected chi connectivity index (χ3v) is 1.97. The molecule has 6 nitrogen and oxygen atoms in total. The molecular formula is C9H9N3O3. The van der Waals surface area contributed by atoms with E-state index >= 15 is 0 Å². The van der Waals surface area contributed by atoms with Crippen LogP contribution in [0.15, 0.2) is 24.5 Å². The number of nitrogens with one attached hydrogen (secondary N) is 1. The number of ether oxygens (including phenoxy) is 1. The van der Waals surface area contributed by atoms with Gasteiger partial charge in [-0.15, -0.1) is 0 Å². The first-order valence-corrected chi connectivity index (χ1v) is 4.22. The van der Waals surface area contributed by atoms with Crippen molar-refractivity contribution in [3.63, 3.8) is 0 Å². The molecule has 6 heteroatoms. The lowest BCUT2D eigenvalue weighted by Gasteiger charge is -2.04. The van der Waals surface area contributed by atoms with Crippen LogP contribution in [0.1, 0.15) is 0 Å². The molecule has 2 rings (SSSR count). The summed E-state index contributed by atoms with van der Waals surface area (Å²) in [5.41, 5.74) is 1.00. The Bertz CT molecular complexity index is 506. The summed E-state index contributed by atoms with van der Waals surface area (Å²) in [5.74, 6) is 0.568. The molecule has 0 radical (unpaired) electrons. The second-order valence-electron chi connectivity index (χ2n) is 2.86. The molecule has 0 aliphatic carbocycles. The number of pyridine rings is 1. The van der Waals surface area contributed by atoms with Gasteiger partial charge in [0.2, 0.25) is 0 Å². The SMILES string of the molecule is COc1cccn2ncc(NC(=O)O)c12. The van der Waals surface area contributed by atoms with E-state index in [2.05, 4.69) is 10.4 Å². The average Bonchev–Trinajstić information content (AvgIpc) is 2.61. The van der Waals surface area contributed by atoms with Crippen LogP contribution < -0.4 is 10.1 Å². The molecule has 0 saturated heterocycles. The first-order valence-electron chi connectivity index (χ1n) is 4.22. The molecule has 0 aliphatic rings. The quantitative estimate of drug-likeness (QED) is 0.781. The van der Waals surface area contributed by atoms with Crippen LogP contribution >= 0.6 is 0 Å². The molecule has 2 aromatic rings. The van der Waals surface area contributed by atoms with Gasteiger partial charge in [-0.05, 0) is 12.1 Å². The summed E-state index contributed by atoms with van der Waals surface area (Å²) in [6.45, 7) is 0. The molecule has 1 amide bonds. The predicted octanol–water partition coefficient (Wildman–Crippen LogP) is 1.43. The van der Waals surface area contributed by atoms with Crippen molar-refractivity contribution in [2.75, 3.05) is 12.4 Å². The summed E-state index contributed by atoms with van der Waals surface area (Å²) in [4.78, 5) is 10.5. The minimum atomic E-state index is -1.13. The van der Waals surface area contributed by atoms with Crippen molar-refractivity contribution in [3.8, 4) is 5.75 Å². The van der Waals surface area contributed by atoms with Gasteiger partial charge in [0.05, 0.1) is 19.0 Å². The summed E-state index contributed by atoms with van der Waals surface area (Å²) < 4.78 is 6.66. The molecule has 0 atom stereocenters. The topological polar surface area (TPSA) is 75.9 Å². The fourth-order valence-electron chi connectivity index (χ4n) is 1.38. The monoisotopic (exact) mass is 207 g/mol. The van der Waals surface area contributed by atoms with Crippen LogP contribution in [0.2, 0.25) is 0 Å². The first kappa shape index (κ1) is 9.32. The Morgan fingerprint density at radius 1 is 1.67 bits per heavy atom. The molecule has 0 saturated carbocycles. The van der Waals surface area contributed by atoms with Crippen LogP contribution in [0.3, 0.4) is 0 Å². The van der Waals surface area contributed by atoms with E-state index in [0.717, 1.165) is 0 Å². The number of fused-ring (bicyclic) bond motifs is 1. The van der Waals surface area contributed by atoms with Gasteiger partial charge in [0.25, 0.3) is 0 Å². The third kappa shape index (κ3) is 1.56.